The molecule has 0 radical (unpaired) electrons. The van der Waals surface area contributed by atoms with Gasteiger partial charge in [-0.2, -0.15) is 0 Å². The van der Waals surface area contributed by atoms with Crippen molar-refractivity contribution in [1.82, 2.24) is 10.2 Å². The lowest BCUT2D eigenvalue weighted by Gasteiger charge is -2.36. The molecule has 2 unspecified atom stereocenters. The van der Waals surface area contributed by atoms with E-state index in [4.69, 9.17) is 11.6 Å². The summed E-state index contributed by atoms with van der Waals surface area (Å²) in [6.07, 6.45) is 1.21. The van der Waals surface area contributed by atoms with Crippen molar-refractivity contribution in [3.05, 3.63) is 11.6 Å². The van der Waals surface area contributed by atoms with Crippen LogP contribution in [0.4, 0.5) is 0 Å². The van der Waals surface area contributed by atoms with Gasteiger partial charge < -0.3 is 5.32 Å². The topological polar surface area (TPSA) is 15.3 Å². The van der Waals surface area contributed by atoms with Gasteiger partial charge >= 0.3 is 0 Å². The smallest absolute Gasteiger partial charge is 0.0335 e. The molecule has 0 bridgehead atoms. The molecule has 0 saturated carbocycles. The summed E-state index contributed by atoms with van der Waals surface area (Å²) < 4.78 is 0. The van der Waals surface area contributed by atoms with Gasteiger partial charge in [0.2, 0.25) is 0 Å². The molecule has 0 aromatic rings. The normalized spacial score (nSPS) is 30.4. The van der Waals surface area contributed by atoms with E-state index >= 15 is 0 Å². The Balaban J connectivity index is 2.36. The van der Waals surface area contributed by atoms with Gasteiger partial charge in [0.15, 0.2) is 0 Å². The number of hydrogen-bond donors (Lipinski definition) is 1. The molecule has 0 spiro atoms. The highest BCUT2D eigenvalue weighted by molar-refractivity contribution is 6.29. The molecular formula is C10H19ClN2. The van der Waals surface area contributed by atoms with Crippen LogP contribution in [0.25, 0.3) is 0 Å². The second-order valence-corrected chi connectivity index (χ2v) is 4.45. The van der Waals surface area contributed by atoms with E-state index in [0.717, 1.165) is 24.7 Å². The fraction of sp³-hybridized carbons (Fsp3) is 0.800. The molecule has 13 heavy (non-hydrogen) atoms. The Morgan fingerprint density at radius 2 is 2.38 bits per heavy atom. The van der Waals surface area contributed by atoms with E-state index in [9.17, 15) is 0 Å². The van der Waals surface area contributed by atoms with Gasteiger partial charge in [-0.25, -0.2) is 0 Å². The fourth-order valence-corrected chi connectivity index (χ4v) is 2.22. The molecule has 1 saturated heterocycles. The van der Waals surface area contributed by atoms with Gasteiger partial charge in [-0.15, -0.1) is 0 Å². The van der Waals surface area contributed by atoms with Crippen LogP contribution in [0.2, 0.25) is 0 Å². The fourth-order valence-electron chi connectivity index (χ4n) is 2.05. The standard InChI is InChI=1S/C10H19ClN2/c1-8-6-13(7-9(2)11)5-4-10(8)12-3/h8,10,12H,2,4-7H2,1,3H3. The van der Waals surface area contributed by atoms with E-state index in [-0.39, 0.29) is 0 Å². The van der Waals surface area contributed by atoms with E-state index in [0.29, 0.717) is 12.0 Å². The van der Waals surface area contributed by atoms with Gasteiger partial charge in [-0.3, -0.25) is 4.90 Å². The van der Waals surface area contributed by atoms with E-state index in [1.807, 2.05) is 7.05 Å². The minimum Gasteiger partial charge on any atom is -0.317 e. The minimum atomic E-state index is 0.667. The van der Waals surface area contributed by atoms with Crippen molar-refractivity contribution in [3.8, 4) is 0 Å². The summed E-state index contributed by atoms with van der Waals surface area (Å²) in [6.45, 7) is 9.09. The Kier molecular flexibility index (Phi) is 4.23. The number of nitrogens with zero attached hydrogens (tertiary/aromatic N) is 1. The number of piperidine rings is 1. The first-order chi connectivity index (χ1) is 6.13. The SMILES string of the molecule is C=C(Cl)CN1CCC(NC)C(C)C1. The summed E-state index contributed by atoms with van der Waals surface area (Å²) in [4.78, 5) is 2.37. The zero-order valence-electron chi connectivity index (χ0n) is 8.52. The molecule has 3 heteroatoms. The first-order valence-corrected chi connectivity index (χ1v) is 5.24. The lowest BCUT2D eigenvalue weighted by Crippen LogP contribution is -2.47. The molecule has 1 N–H and O–H groups in total. The Labute approximate surface area is 85.9 Å². The summed E-state index contributed by atoms with van der Waals surface area (Å²) >= 11 is 5.78. The molecule has 0 aromatic carbocycles. The largest absolute Gasteiger partial charge is 0.317 e. The summed E-state index contributed by atoms with van der Waals surface area (Å²) in [5.41, 5.74) is 0. The summed E-state index contributed by atoms with van der Waals surface area (Å²) in [6, 6.07) is 0.667. The maximum atomic E-state index is 5.78. The van der Waals surface area contributed by atoms with E-state index < -0.39 is 0 Å². The molecule has 1 aliphatic heterocycles. The van der Waals surface area contributed by atoms with Gasteiger partial charge in [0.25, 0.3) is 0 Å². The van der Waals surface area contributed by atoms with Crippen LogP contribution in [0, 0.1) is 5.92 Å². The number of rotatable bonds is 3. The monoisotopic (exact) mass is 202 g/mol. The Bertz CT molecular complexity index is 182. The van der Waals surface area contributed by atoms with Crippen molar-refractivity contribution < 1.29 is 0 Å². The first-order valence-electron chi connectivity index (χ1n) is 4.86. The van der Waals surface area contributed by atoms with Gasteiger partial charge in [-0.05, 0) is 19.4 Å². The third-order valence-corrected chi connectivity index (χ3v) is 2.87. The molecule has 76 valence electrons. The van der Waals surface area contributed by atoms with Crippen molar-refractivity contribution in [1.29, 1.82) is 0 Å². The van der Waals surface area contributed by atoms with Crippen LogP contribution < -0.4 is 5.32 Å². The summed E-state index contributed by atoms with van der Waals surface area (Å²) in [5, 5.41) is 4.09. The lowest BCUT2D eigenvalue weighted by molar-refractivity contribution is 0.164. The van der Waals surface area contributed by atoms with Gasteiger partial charge in [0.1, 0.15) is 0 Å². The number of likely N-dealkylation sites (tertiary alicyclic amines) is 1. The highest BCUT2D eigenvalue weighted by atomic mass is 35.5. The summed E-state index contributed by atoms with van der Waals surface area (Å²) in [5.74, 6) is 0.703. The molecule has 1 heterocycles. The van der Waals surface area contributed by atoms with Crippen molar-refractivity contribution in [2.75, 3.05) is 26.7 Å². The number of halogens is 1. The predicted octanol–water partition coefficient (Wildman–Crippen LogP) is 1.67. The molecule has 1 rings (SSSR count). The van der Waals surface area contributed by atoms with Crippen molar-refractivity contribution in [2.24, 2.45) is 5.92 Å². The quantitative estimate of drug-likeness (QED) is 0.749. The van der Waals surface area contributed by atoms with Crippen LogP contribution in [-0.4, -0.2) is 37.6 Å². The summed E-state index contributed by atoms with van der Waals surface area (Å²) in [7, 11) is 2.04. The molecule has 0 amide bonds. The number of hydrogen-bond acceptors (Lipinski definition) is 2. The van der Waals surface area contributed by atoms with Crippen molar-refractivity contribution in [2.45, 2.75) is 19.4 Å². The van der Waals surface area contributed by atoms with E-state index in [2.05, 4.69) is 23.7 Å². The third-order valence-electron chi connectivity index (χ3n) is 2.76. The molecule has 0 aliphatic carbocycles. The molecule has 2 nitrogen and oxygen atoms in total. The van der Waals surface area contributed by atoms with Gasteiger partial charge in [-0.1, -0.05) is 25.1 Å². The van der Waals surface area contributed by atoms with Crippen LogP contribution >= 0.6 is 11.6 Å². The molecule has 1 aliphatic rings. The van der Waals surface area contributed by atoms with Gasteiger partial charge in [0, 0.05) is 30.7 Å². The van der Waals surface area contributed by atoms with Crippen LogP contribution in [0.3, 0.4) is 0 Å². The molecule has 1 fully saturated rings. The Hall–Kier alpha value is -0.0500. The van der Waals surface area contributed by atoms with Gasteiger partial charge in [0.05, 0.1) is 0 Å². The van der Waals surface area contributed by atoms with Crippen LogP contribution in [-0.2, 0) is 0 Å². The van der Waals surface area contributed by atoms with Crippen LogP contribution in [0.1, 0.15) is 13.3 Å². The lowest BCUT2D eigenvalue weighted by atomic mass is 9.94. The van der Waals surface area contributed by atoms with Crippen molar-refractivity contribution in [3.63, 3.8) is 0 Å². The minimum absolute atomic E-state index is 0.667. The van der Waals surface area contributed by atoms with Crippen LogP contribution in [0.15, 0.2) is 11.6 Å². The maximum absolute atomic E-state index is 5.78. The second-order valence-electron chi connectivity index (χ2n) is 3.91. The third kappa shape index (κ3) is 3.29. The predicted molar refractivity (Wildman–Crippen MR) is 58.1 cm³/mol. The Morgan fingerprint density at radius 3 is 2.85 bits per heavy atom. The first kappa shape index (κ1) is 11.0. The zero-order chi connectivity index (χ0) is 9.84. The maximum Gasteiger partial charge on any atom is 0.0335 e. The Morgan fingerprint density at radius 1 is 1.69 bits per heavy atom. The average Bonchev–Trinajstić information content (AvgIpc) is 2.03. The van der Waals surface area contributed by atoms with E-state index in [1.165, 1.54) is 6.42 Å². The second kappa shape index (κ2) is 4.99. The van der Waals surface area contributed by atoms with E-state index in [1.54, 1.807) is 0 Å². The van der Waals surface area contributed by atoms with Crippen LogP contribution in [0.5, 0.6) is 0 Å². The molecule has 0 aromatic heterocycles. The average molecular weight is 203 g/mol. The zero-order valence-corrected chi connectivity index (χ0v) is 9.27. The number of nitrogens with one attached hydrogen (secondary N) is 1. The molecular weight excluding hydrogens is 184 g/mol. The highest BCUT2D eigenvalue weighted by Crippen LogP contribution is 2.17. The van der Waals surface area contributed by atoms with Crippen molar-refractivity contribution >= 4 is 11.6 Å². The highest BCUT2D eigenvalue weighted by Gasteiger charge is 2.24. The molecule has 2 atom stereocenters.